The number of hydrogen-bond donors (Lipinski definition) is 0. The molecule has 1 aromatic heterocycles. The van der Waals surface area contributed by atoms with Crippen LogP contribution in [0, 0.1) is 0 Å². The van der Waals surface area contributed by atoms with Crippen LogP contribution in [0.3, 0.4) is 0 Å². The predicted molar refractivity (Wildman–Crippen MR) is 96.6 cm³/mol. The van der Waals surface area contributed by atoms with E-state index in [1.807, 2.05) is 24.5 Å². The number of nitrogens with zero attached hydrogens (tertiary/aromatic N) is 1. The normalized spacial score (nSPS) is 14.9. The summed E-state index contributed by atoms with van der Waals surface area (Å²) in [7, 11) is 1.69. The minimum Gasteiger partial charge on any atom is -0.493 e. The van der Waals surface area contributed by atoms with Crippen LogP contribution in [0.2, 0.25) is 0 Å². The van der Waals surface area contributed by atoms with E-state index in [-0.39, 0.29) is 0 Å². The zero-order valence-corrected chi connectivity index (χ0v) is 13.9. The number of fused-ring (bicyclic) bond motifs is 1. The molecule has 1 heterocycles. The number of ether oxygens (including phenoxy) is 2. The second-order valence-electron chi connectivity index (χ2n) is 6.30. The van der Waals surface area contributed by atoms with E-state index in [4.69, 9.17) is 9.47 Å². The van der Waals surface area contributed by atoms with Gasteiger partial charge in [-0.25, -0.2) is 0 Å². The van der Waals surface area contributed by atoms with Crippen molar-refractivity contribution in [2.75, 3.05) is 7.11 Å². The summed E-state index contributed by atoms with van der Waals surface area (Å²) in [5.74, 6) is 1.62. The van der Waals surface area contributed by atoms with E-state index >= 15 is 0 Å². The Morgan fingerprint density at radius 3 is 2.62 bits per heavy atom. The quantitative estimate of drug-likeness (QED) is 0.659. The molecule has 122 valence electrons. The maximum atomic E-state index is 6.23. The number of rotatable bonds is 4. The Bertz CT molecular complexity index is 848. The molecule has 1 aliphatic rings. The minimum absolute atomic E-state index is 0.305. The van der Waals surface area contributed by atoms with Gasteiger partial charge in [-0.15, -0.1) is 0 Å². The van der Waals surface area contributed by atoms with Crippen molar-refractivity contribution < 1.29 is 9.47 Å². The lowest BCUT2D eigenvalue weighted by molar-refractivity contribution is 0.201. The molecule has 3 aromatic rings. The lowest BCUT2D eigenvalue weighted by atomic mass is 10.0. The molecule has 0 aliphatic heterocycles. The molecule has 24 heavy (non-hydrogen) atoms. The highest BCUT2D eigenvalue weighted by Crippen LogP contribution is 2.37. The van der Waals surface area contributed by atoms with Crippen molar-refractivity contribution in [3.05, 3.63) is 54.9 Å². The fraction of sp³-hybridized carbons (Fsp3) is 0.286. The van der Waals surface area contributed by atoms with E-state index in [0.717, 1.165) is 40.9 Å². The first-order valence-corrected chi connectivity index (χ1v) is 8.53. The summed E-state index contributed by atoms with van der Waals surface area (Å²) in [6.07, 6.45) is 8.88. The summed E-state index contributed by atoms with van der Waals surface area (Å²) in [4.78, 5) is 4.39. The minimum atomic E-state index is 0.305. The maximum absolute atomic E-state index is 6.23. The van der Waals surface area contributed by atoms with E-state index in [1.165, 1.54) is 18.2 Å². The first-order chi connectivity index (χ1) is 11.8. The molecule has 0 amide bonds. The zero-order chi connectivity index (χ0) is 16.4. The first-order valence-electron chi connectivity index (χ1n) is 8.53. The van der Waals surface area contributed by atoms with Crippen molar-refractivity contribution >= 4 is 10.8 Å². The maximum Gasteiger partial charge on any atom is 0.162 e. The fourth-order valence-electron chi connectivity index (χ4n) is 3.47. The summed E-state index contributed by atoms with van der Waals surface area (Å²) in [5, 5.41) is 2.34. The van der Waals surface area contributed by atoms with Crippen LogP contribution in [0.5, 0.6) is 11.5 Å². The van der Waals surface area contributed by atoms with Gasteiger partial charge < -0.3 is 9.47 Å². The Balaban J connectivity index is 1.77. The van der Waals surface area contributed by atoms with E-state index < -0.39 is 0 Å². The summed E-state index contributed by atoms with van der Waals surface area (Å²) >= 11 is 0. The van der Waals surface area contributed by atoms with Crippen molar-refractivity contribution in [2.45, 2.75) is 31.8 Å². The van der Waals surface area contributed by atoms with Gasteiger partial charge in [0.1, 0.15) is 0 Å². The van der Waals surface area contributed by atoms with Crippen LogP contribution in [0.1, 0.15) is 25.7 Å². The molecule has 0 bridgehead atoms. The first kappa shape index (κ1) is 15.0. The van der Waals surface area contributed by atoms with E-state index in [1.54, 1.807) is 7.11 Å². The molecule has 4 rings (SSSR count). The standard InChI is InChI=1S/C21H21NO2/c1-23-20-11-10-15(12-21(20)24-17-7-3-4-8-17)19-14-22-13-16-6-2-5-9-18(16)19/h2,5-6,9-14,17H,3-4,7-8H2,1H3. The molecule has 3 nitrogen and oxygen atoms in total. The molecule has 1 fully saturated rings. The topological polar surface area (TPSA) is 31.4 Å². The van der Waals surface area contributed by atoms with Crippen LogP contribution in [0.25, 0.3) is 21.9 Å². The molecule has 1 aliphatic carbocycles. The molecule has 0 N–H and O–H groups in total. The van der Waals surface area contributed by atoms with Gasteiger partial charge in [-0.2, -0.15) is 0 Å². The van der Waals surface area contributed by atoms with E-state index in [0.29, 0.717) is 6.10 Å². The van der Waals surface area contributed by atoms with Crippen molar-refractivity contribution in [3.63, 3.8) is 0 Å². The highest BCUT2D eigenvalue weighted by atomic mass is 16.5. The molecule has 0 unspecified atom stereocenters. The predicted octanol–water partition coefficient (Wildman–Crippen LogP) is 5.23. The number of pyridine rings is 1. The van der Waals surface area contributed by atoms with Gasteiger partial charge in [0.05, 0.1) is 13.2 Å². The molecule has 0 radical (unpaired) electrons. The Kier molecular flexibility index (Phi) is 4.08. The van der Waals surface area contributed by atoms with Gasteiger partial charge in [-0.1, -0.05) is 30.3 Å². The van der Waals surface area contributed by atoms with Gasteiger partial charge in [0, 0.05) is 23.3 Å². The third kappa shape index (κ3) is 2.82. The number of methoxy groups -OCH3 is 1. The fourth-order valence-corrected chi connectivity index (χ4v) is 3.47. The molecule has 0 spiro atoms. The monoisotopic (exact) mass is 319 g/mol. The summed E-state index contributed by atoms with van der Waals surface area (Å²) in [6.45, 7) is 0. The van der Waals surface area contributed by atoms with Crippen LogP contribution in [-0.4, -0.2) is 18.2 Å². The average Bonchev–Trinajstić information content (AvgIpc) is 3.14. The summed E-state index contributed by atoms with van der Waals surface area (Å²) < 4.78 is 11.7. The Morgan fingerprint density at radius 2 is 1.79 bits per heavy atom. The SMILES string of the molecule is COc1ccc(-c2cncc3ccccc23)cc1OC1CCCC1. The van der Waals surface area contributed by atoms with Crippen LogP contribution < -0.4 is 9.47 Å². The van der Waals surface area contributed by atoms with Gasteiger partial charge >= 0.3 is 0 Å². The summed E-state index contributed by atoms with van der Waals surface area (Å²) in [5.41, 5.74) is 2.22. The third-order valence-corrected chi connectivity index (χ3v) is 4.74. The average molecular weight is 319 g/mol. The number of benzene rings is 2. The van der Waals surface area contributed by atoms with E-state index in [9.17, 15) is 0 Å². The highest BCUT2D eigenvalue weighted by Gasteiger charge is 2.19. The van der Waals surface area contributed by atoms with E-state index in [2.05, 4.69) is 35.3 Å². The van der Waals surface area contributed by atoms with Gasteiger partial charge in [0.25, 0.3) is 0 Å². The molecule has 0 atom stereocenters. The molecular formula is C21H21NO2. The molecular weight excluding hydrogens is 298 g/mol. The largest absolute Gasteiger partial charge is 0.493 e. The van der Waals surface area contributed by atoms with Crippen molar-refractivity contribution in [3.8, 4) is 22.6 Å². The zero-order valence-electron chi connectivity index (χ0n) is 13.9. The third-order valence-electron chi connectivity index (χ3n) is 4.74. The Labute approximate surface area is 142 Å². The van der Waals surface area contributed by atoms with Crippen molar-refractivity contribution in [1.29, 1.82) is 0 Å². The van der Waals surface area contributed by atoms with Crippen LogP contribution in [0.4, 0.5) is 0 Å². The second kappa shape index (κ2) is 6.52. The van der Waals surface area contributed by atoms with Crippen molar-refractivity contribution in [2.24, 2.45) is 0 Å². The van der Waals surface area contributed by atoms with Gasteiger partial charge in [-0.3, -0.25) is 4.98 Å². The smallest absolute Gasteiger partial charge is 0.162 e. The highest BCUT2D eigenvalue weighted by molar-refractivity contribution is 5.96. The lowest BCUT2D eigenvalue weighted by Crippen LogP contribution is -2.11. The second-order valence-corrected chi connectivity index (χ2v) is 6.30. The Hall–Kier alpha value is -2.55. The Morgan fingerprint density at radius 1 is 0.958 bits per heavy atom. The molecule has 1 saturated carbocycles. The van der Waals surface area contributed by atoms with Crippen LogP contribution in [0.15, 0.2) is 54.9 Å². The van der Waals surface area contributed by atoms with Gasteiger partial charge in [-0.05, 0) is 48.8 Å². The van der Waals surface area contributed by atoms with Crippen molar-refractivity contribution in [1.82, 2.24) is 4.98 Å². The molecule has 3 heteroatoms. The molecule has 0 saturated heterocycles. The summed E-state index contributed by atoms with van der Waals surface area (Å²) in [6, 6.07) is 14.5. The number of hydrogen-bond acceptors (Lipinski definition) is 3. The van der Waals surface area contributed by atoms with Gasteiger partial charge in [0.15, 0.2) is 11.5 Å². The van der Waals surface area contributed by atoms with Gasteiger partial charge in [0.2, 0.25) is 0 Å². The molecule has 2 aromatic carbocycles. The number of aromatic nitrogens is 1. The van der Waals surface area contributed by atoms with Crippen LogP contribution in [-0.2, 0) is 0 Å². The van der Waals surface area contributed by atoms with Crippen LogP contribution >= 0.6 is 0 Å². The lowest BCUT2D eigenvalue weighted by Gasteiger charge is -2.17.